The van der Waals surface area contributed by atoms with Crippen LogP contribution < -0.4 is 5.73 Å². The fourth-order valence-electron chi connectivity index (χ4n) is 4.86. The summed E-state index contributed by atoms with van der Waals surface area (Å²) >= 11 is 2.47. The molecule has 0 fully saturated rings. The van der Waals surface area contributed by atoms with E-state index >= 15 is 0 Å². The van der Waals surface area contributed by atoms with Gasteiger partial charge in [-0.25, -0.2) is 0 Å². The first kappa shape index (κ1) is 20.7. The number of benzene rings is 2. The van der Waals surface area contributed by atoms with Crippen molar-refractivity contribution in [1.29, 1.82) is 0 Å². The first-order valence-corrected chi connectivity index (χ1v) is 11.9. The SMILES string of the molecule is CCCCCCC1(CCCCCC)c2cc(N)ccc2-c2ccc(I)cc21. The van der Waals surface area contributed by atoms with Gasteiger partial charge in [-0.05, 0) is 82.0 Å². The molecule has 2 heteroatoms. The third-order valence-corrected chi connectivity index (χ3v) is 6.93. The van der Waals surface area contributed by atoms with Crippen molar-refractivity contribution in [2.75, 3.05) is 5.73 Å². The van der Waals surface area contributed by atoms with E-state index in [0.29, 0.717) is 0 Å². The summed E-state index contributed by atoms with van der Waals surface area (Å²) in [7, 11) is 0. The first-order valence-electron chi connectivity index (χ1n) is 10.8. The molecule has 0 amide bonds. The van der Waals surface area contributed by atoms with Crippen LogP contribution in [-0.4, -0.2) is 0 Å². The molecule has 0 saturated carbocycles. The molecule has 2 aromatic rings. The summed E-state index contributed by atoms with van der Waals surface area (Å²) in [5.74, 6) is 0. The molecule has 0 heterocycles. The highest BCUT2D eigenvalue weighted by molar-refractivity contribution is 14.1. The Hall–Kier alpha value is -1.03. The Morgan fingerprint density at radius 3 is 1.89 bits per heavy atom. The first-order chi connectivity index (χ1) is 13.1. The predicted octanol–water partition coefficient (Wildman–Crippen LogP) is 8.08. The van der Waals surface area contributed by atoms with Crippen molar-refractivity contribution in [2.45, 2.75) is 83.5 Å². The van der Waals surface area contributed by atoms with Crippen LogP contribution in [0.2, 0.25) is 0 Å². The van der Waals surface area contributed by atoms with Crippen molar-refractivity contribution in [3.05, 3.63) is 51.1 Å². The number of nitrogen functional groups attached to an aromatic ring is 1. The van der Waals surface area contributed by atoms with Gasteiger partial charge in [-0.1, -0.05) is 77.3 Å². The van der Waals surface area contributed by atoms with Crippen molar-refractivity contribution in [2.24, 2.45) is 0 Å². The van der Waals surface area contributed by atoms with E-state index in [0.717, 1.165) is 5.69 Å². The number of halogens is 1. The zero-order valence-electron chi connectivity index (χ0n) is 17.0. The second-order valence-electron chi connectivity index (χ2n) is 8.20. The molecule has 1 aliphatic carbocycles. The van der Waals surface area contributed by atoms with Crippen LogP contribution in [-0.2, 0) is 5.41 Å². The van der Waals surface area contributed by atoms with E-state index in [1.807, 2.05) is 0 Å². The summed E-state index contributed by atoms with van der Waals surface area (Å²) in [6, 6.07) is 13.7. The normalized spacial score (nSPS) is 14.2. The molecule has 0 unspecified atom stereocenters. The number of hydrogen-bond donors (Lipinski definition) is 1. The summed E-state index contributed by atoms with van der Waals surface area (Å²) in [6.45, 7) is 4.59. The largest absolute Gasteiger partial charge is 0.399 e. The third kappa shape index (κ3) is 4.36. The maximum Gasteiger partial charge on any atom is 0.0317 e. The molecular formula is C25H34IN. The standard InChI is InChI=1S/C25H34IN/c1-3-5-7-9-15-25(16-10-8-6-4-2)23-17-19(26)11-13-21(23)22-14-12-20(27)18-24(22)25/h11-14,17-18H,3-10,15-16,27H2,1-2H3. The summed E-state index contributed by atoms with van der Waals surface area (Å²) in [5.41, 5.74) is 13.2. The van der Waals surface area contributed by atoms with Crippen molar-refractivity contribution in [3.8, 4) is 11.1 Å². The van der Waals surface area contributed by atoms with Gasteiger partial charge >= 0.3 is 0 Å². The monoisotopic (exact) mass is 475 g/mol. The fraction of sp³-hybridized carbons (Fsp3) is 0.520. The molecule has 0 saturated heterocycles. The molecule has 0 bridgehead atoms. The molecule has 27 heavy (non-hydrogen) atoms. The highest BCUT2D eigenvalue weighted by Gasteiger charge is 2.42. The zero-order valence-corrected chi connectivity index (χ0v) is 19.1. The summed E-state index contributed by atoms with van der Waals surface area (Å²) in [6.07, 6.45) is 13.1. The van der Waals surface area contributed by atoms with Gasteiger partial charge < -0.3 is 5.73 Å². The van der Waals surface area contributed by atoms with Crippen LogP contribution in [0.15, 0.2) is 36.4 Å². The zero-order chi connectivity index (χ0) is 19.3. The van der Waals surface area contributed by atoms with Crippen LogP contribution in [0.4, 0.5) is 5.69 Å². The van der Waals surface area contributed by atoms with Crippen molar-refractivity contribution in [1.82, 2.24) is 0 Å². The molecule has 0 radical (unpaired) electrons. The van der Waals surface area contributed by atoms with E-state index in [1.54, 1.807) is 5.56 Å². The minimum Gasteiger partial charge on any atom is -0.399 e. The Balaban J connectivity index is 2.03. The predicted molar refractivity (Wildman–Crippen MR) is 127 cm³/mol. The molecule has 146 valence electrons. The maximum absolute atomic E-state index is 6.27. The molecular weight excluding hydrogens is 441 g/mol. The van der Waals surface area contributed by atoms with Gasteiger partial charge in [0.1, 0.15) is 0 Å². The second-order valence-corrected chi connectivity index (χ2v) is 9.44. The van der Waals surface area contributed by atoms with Crippen molar-refractivity contribution in [3.63, 3.8) is 0 Å². The van der Waals surface area contributed by atoms with Crippen LogP contribution in [0, 0.1) is 3.57 Å². The molecule has 0 aliphatic heterocycles. The quantitative estimate of drug-likeness (QED) is 0.210. The minimum absolute atomic E-state index is 0.155. The summed E-state index contributed by atoms with van der Waals surface area (Å²) < 4.78 is 1.35. The van der Waals surface area contributed by atoms with Gasteiger partial charge in [-0.15, -0.1) is 0 Å². The maximum atomic E-state index is 6.27. The number of anilines is 1. The van der Waals surface area contributed by atoms with Gasteiger partial charge in [0.05, 0.1) is 0 Å². The fourth-order valence-corrected chi connectivity index (χ4v) is 5.35. The van der Waals surface area contributed by atoms with Gasteiger partial charge in [0.2, 0.25) is 0 Å². The molecule has 2 N–H and O–H groups in total. The molecule has 2 aromatic carbocycles. The Morgan fingerprint density at radius 2 is 1.30 bits per heavy atom. The van der Waals surface area contributed by atoms with Crippen molar-refractivity contribution < 1.29 is 0 Å². The van der Waals surface area contributed by atoms with E-state index in [4.69, 9.17) is 5.73 Å². The van der Waals surface area contributed by atoms with E-state index in [1.165, 1.54) is 84.5 Å². The third-order valence-electron chi connectivity index (χ3n) is 6.26. The molecule has 0 spiro atoms. The van der Waals surface area contributed by atoms with Gasteiger partial charge in [-0.2, -0.15) is 0 Å². The lowest BCUT2D eigenvalue weighted by atomic mass is 9.70. The van der Waals surface area contributed by atoms with Gasteiger partial charge in [-0.3, -0.25) is 0 Å². The van der Waals surface area contributed by atoms with Crippen molar-refractivity contribution >= 4 is 28.3 Å². The van der Waals surface area contributed by atoms with Gasteiger partial charge in [0.25, 0.3) is 0 Å². The van der Waals surface area contributed by atoms with Crippen LogP contribution in [0.1, 0.15) is 89.2 Å². The van der Waals surface area contributed by atoms with Crippen LogP contribution in [0.5, 0.6) is 0 Å². The molecule has 1 aliphatic rings. The van der Waals surface area contributed by atoms with Crippen LogP contribution in [0.25, 0.3) is 11.1 Å². The number of rotatable bonds is 10. The summed E-state index contributed by atoms with van der Waals surface area (Å²) in [5, 5.41) is 0. The lowest BCUT2D eigenvalue weighted by Gasteiger charge is -2.33. The van der Waals surface area contributed by atoms with E-state index in [-0.39, 0.29) is 5.41 Å². The molecule has 0 aromatic heterocycles. The van der Waals surface area contributed by atoms with E-state index < -0.39 is 0 Å². The average molecular weight is 475 g/mol. The minimum atomic E-state index is 0.155. The number of fused-ring (bicyclic) bond motifs is 3. The number of unbranched alkanes of at least 4 members (excludes halogenated alkanes) is 6. The van der Waals surface area contributed by atoms with E-state index in [2.05, 4.69) is 72.8 Å². The second kappa shape index (κ2) is 9.45. The average Bonchev–Trinajstić information content (AvgIpc) is 2.92. The summed E-state index contributed by atoms with van der Waals surface area (Å²) in [4.78, 5) is 0. The smallest absolute Gasteiger partial charge is 0.0317 e. The topological polar surface area (TPSA) is 26.0 Å². The molecule has 0 atom stereocenters. The lowest BCUT2D eigenvalue weighted by Crippen LogP contribution is -2.25. The molecule has 3 rings (SSSR count). The Kier molecular flexibility index (Phi) is 7.24. The highest BCUT2D eigenvalue weighted by Crippen LogP contribution is 2.54. The number of hydrogen-bond acceptors (Lipinski definition) is 1. The van der Waals surface area contributed by atoms with Crippen LogP contribution >= 0.6 is 22.6 Å². The number of nitrogens with two attached hydrogens (primary N) is 1. The lowest BCUT2D eigenvalue weighted by molar-refractivity contribution is 0.401. The van der Waals surface area contributed by atoms with Gasteiger partial charge in [0.15, 0.2) is 0 Å². The van der Waals surface area contributed by atoms with Crippen LogP contribution in [0.3, 0.4) is 0 Å². The molecule has 1 nitrogen and oxygen atoms in total. The highest BCUT2D eigenvalue weighted by atomic mass is 127. The Morgan fingerprint density at radius 1 is 0.741 bits per heavy atom. The van der Waals surface area contributed by atoms with E-state index in [9.17, 15) is 0 Å². The Bertz CT molecular complexity index is 699. The van der Waals surface area contributed by atoms with Gasteiger partial charge in [0, 0.05) is 14.7 Å². The Labute approximate surface area is 179 Å².